The van der Waals surface area contributed by atoms with E-state index in [2.05, 4.69) is 44.3 Å². The zero-order valence-corrected chi connectivity index (χ0v) is 13.0. The average Bonchev–Trinajstić information content (AvgIpc) is 3.10. The van der Waals surface area contributed by atoms with Crippen LogP contribution >= 0.6 is 0 Å². The Labute approximate surface area is 125 Å². The van der Waals surface area contributed by atoms with Gasteiger partial charge in [-0.1, -0.05) is 0 Å². The zero-order chi connectivity index (χ0) is 14.9. The van der Waals surface area contributed by atoms with Crippen LogP contribution < -0.4 is 15.5 Å². The number of hydrogen-bond donors (Lipinski definition) is 2. The average molecular weight is 292 g/mol. The minimum atomic E-state index is -0.130. The lowest BCUT2D eigenvalue weighted by molar-refractivity contribution is 0.105. The Morgan fingerprint density at radius 2 is 1.90 bits per heavy atom. The van der Waals surface area contributed by atoms with Gasteiger partial charge in [-0.3, -0.25) is 0 Å². The first kappa shape index (κ1) is 14.3. The van der Waals surface area contributed by atoms with Crippen LogP contribution in [0.2, 0.25) is 0 Å². The molecule has 0 bridgehead atoms. The van der Waals surface area contributed by atoms with Crippen molar-refractivity contribution in [2.24, 2.45) is 0 Å². The fourth-order valence-corrected chi connectivity index (χ4v) is 2.85. The Bertz CT molecular complexity index is 504. The normalized spacial score (nSPS) is 28.9. The Balaban J connectivity index is 1.85. The molecule has 0 spiro atoms. The predicted octanol–water partition coefficient (Wildman–Crippen LogP) is 1.49. The van der Waals surface area contributed by atoms with Crippen LogP contribution in [-0.2, 0) is 4.74 Å². The zero-order valence-electron chi connectivity index (χ0n) is 13.0. The molecule has 2 aliphatic rings. The summed E-state index contributed by atoms with van der Waals surface area (Å²) in [4.78, 5) is 15.7. The summed E-state index contributed by atoms with van der Waals surface area (Å²) < 4.78 is 5.67. The summed E-state index contributed by atoms with van der Waals surface area (Å²) in [6.45, 7) is 7.05. The third-order valence-corrected chi connectivity index (χ3v) is 4.52. The van der Waals surface area contributed by atoms with Gasteiger partial charge in [-0.05, 0) is 33.1 Å². The molecule has 3 heterocycles. The van der Waals surface area contributed by atoms with Crippen molar-refractivity contribution in [3.8, 4) is 0 Å². The van der Waals surface area contributed by atoms with E-state index in [0.717, 1.165) is 32.1 Å². The van der Waals surface area contributed by atoms with E-state index in [0.29, 0.717) is 11.9 Å². The lowest BCUT2D eigenvalue weighted by Crippen LogP contribution is -2.42. The molecule has 2 atom stereocenters. The van der Waals surface area contributed by atoms with E-state index in [1.54, 1.807) is 0 Å². The topological polar surface area (TPSA) is 75.2 Å². The molecule has 1 aromatic heterocycles. The van der Waals surface area contributed by atoms with E-state index in [-0.39, 0.29) is 11.6 Å². The predicted molar refractivity (Wildman–Crippen MR) is 82.9 cm³/mol. The fourth-order valence-electron chi connectivity index (χ4n) is 2.85. The third-order valence-electron chi connectivity index (χ3n) is 4.52. The van der Waals surface area contributed by atoms with Crippen LogP contribution in [0.15, 0.2) is 0 Å². The van der Waals surface area contributed by atoms with Gasteiger partial charge in [-0.2, -0.15) is 15.0 Å². The van der Waals surface area contributed by atoms with Gasteiger partial charge in [0, 0.05) is 26.7 Å². The minimum Gasteiger partial charge on any atom is -0.376 e. The maximum absolute atomic E-state index is 5.67. The number of rotatable bonds is 4. The van der Waals surface area contributed by atoms with Gasteiger partial charge >= 0.3 is 0 Å². The van der Waals surface area contributed by atoms with E-state index in [4.69, 9.17) is 4.74 Å². The Morgan fingerprint density at radius 1 is 1.19 bits per heavy atom. The molecule has 21 heavy (non-hydrogen) atoms. The second kappa shape index (κ2) is 5.63. The third kappa shape index (κ3) is 2.88. The van der Waals surface area contributed by atoms with Crippen molar-refractivity contribution in [2.75, 3.05) is 42.3 Å². The molecular formula is C14H24N6O. The molecule has 0 saturated carbocycles. The molecule has 2 saturated heterocycles. The van der Waals surface area contributed by atoms with Crippen molar-refractivity contribution in [3.63, 3.8) is 0 Å². The van der Waals surface area contributed by atoms with Crippen molar-refractivity contribution in [1.29, 1.82) is 0 Å². The maximum atomic E-state index is 5.67. The molecule has 7 heteroatoms. The van der Waals surface area contributed by atoms with Crippen LogP contribution in [0.4, 0.5) is 17.8 Å². The quantitative estimate of drug-likeness (QED) is 0.870. The number of nitrogens with one attached hydrogen (secondary N) is 2. The number of ether oxygens (including phenoxy) is 1. The highest BCUT2D eigenvalue weighted by atomic mass is 16.5. The molecule has 2 fully saturated rings. The van der Waals surface area contributed by atoms with Crippen molar-refractivity contribution in [1.82, 2.24) is 15.0 Å². The number of nitrogens with zero attached hydrogens (tertiary/aromatic N) is 4. The Hall–Kier alpha value is -1.63. The SMILES string of the molecule is CNc1nc(NC2(C)CCOC2C)nc(N2CCCC2)n1. The minimum absolute atomic E-state index is 0.130. The molecule has 3 rings (SSSR count). The van der Waals surface area contributed by atoms with Crippen molar-refractivity contribution in [2.45, 2.75) is 44.8 Å². The van der Waals surface area contributed by atoms with Crippen molar-refractivity contribution >= 4 is 17.8 Å². The lowest BCUT2D eigenvalue weighted by atomic mass is 9.95. The largest absolute Gasteiger partial charge is 0.376 e. The molecule has 0 amide bonds. The summed E-state index contributed by atoms with van der Waals surface area (Å²) in [6, 6.07) is 0. The van der Waals surface area contributed by atoms with E-state index < -0.39 is 0 Å². The first-order valence-electron chi connectivity index (χ1n) is 7.69. The van der Waals surface area contributed by atoms with E-state index >= 15 is 0 Å². The molecule has 0 aromatic carbocycles. The van der Waals surface area contributed by atoms with E-state index in [1.807, 2.05) is 7.05 Å². The van der Waals surface area contributed by atoms with Crippen LogP contribution in [0.5, 0.6) is 0 Å². The van der Waals surface area contributed by atoms with Gasteiger partial charge in [0.05, 0.1) is 11.6 Å². The fraction of sp³-hybridized carbons (Fsp3) is 0.786. The molecule has 116 valence electrons. The molecule has 0 aliphatic carbocycles. The Kier molecular flexibility index (Phi) is 3.84. The molecule has 1 aromatic rings. The van der Waals surface area contributed by atoms with Gasteiger partial charge in [0.1, 0.15) is 0 Å². The molecule has 2 N–H and O–H groups in total. The van der Waals surface area contributed by atoms with Crippen molar-refractivity contribution in [3.05, 3.63) is 0 Å². The van der Waals surface area contributed by atoms with Crippen LogP contribution in [0.3, 0.4) is 0 Å². The summed E-state index contributed by atoms with van der Waals surface area (Å²) in [5.41, 5.74) is -0.130. The highest BCUT2D eigenvalue weighted by Crippen LogP contribution is 2.29. The second-order valence-corrected chi connectivity index (χ2v) is 6.03. The van der Waals surface area contributed by atoms with Gasteiger partial charge in [-0.25, -0.2) is 0 Å². The van der Waals surface area contributed by atoms with Crippen LogP contribution in [0.25, 0.3) is 0 Å². The van der Waals surface area contributed by atoms with Gasteiger partial charge in [0.25, 0.3) is 0 Å². The molecule has 2 aliphatic heterocycles. The van der Waals surface area contributed by atoms with Gasteiger partial charge in [-0.15, -0.1) is 0 Å². The van der Waals surface area contributed by atoms with E-state index in [1.165, 1.54) is 12.8 Å². The standard InChI is InChI=1S/C14H24N6O/c1-10-14(2,6-9-21-10)19-12-16-11(15-3)17-13(18-12)20-7-4-5-8-20/h10H,4-9H2,1-3H3,(H2,15,16,17,18,19). The monoisotopic (exact) mass is 292 g/mol. The lowest BCUT2D eigenvalue weighted by Gasteiger charge is -2.29. The van der Waals surface area contributed by atoms with Gasteiger partial charge < -0.3 is 20.3 Å². The number of aromatic nitrogens is 3. The van der Waals surface area contributed by atoms with Crippen LogP contribution in [0, 0.1) is 0 Å². The number of hydrogen-bond acceptors (Lipinski definition) is 7. The smallest absolute Gasteiger partial charge is 0.231 e. The summed E-state index contributed by atoms with van der Waals surface area (Å²) in [5, 5.41) is 6.47. The van der Waals surface area contributed by atoms with Gasteiger partial charge in [0.15, 0.2) is 0 Å². The molecular weight excluding hydrogens is 268 g/mol. The molecule has 7 nitrogen and oxygen atoms in total. The summed E-state index contributed by atoms with van der Waals surface area (Å²) in [7, 11) is 1.83. The van der Waals surface area contributed by atoms with E-state index in [9.17, 15) is 0 Å². The van der Waals surface area contributed by atoms with Crippen LogP contribution in [-0.4, -0.2) is 53.3 Å². The Morgan fingerprint density at radius 3 is 2.52 bits per heavy atom. The van der Waals surface area contributed by atoms with Crippen molar-refractivity contribution < 1.29 is 4.74 Å². The maximum Gasteiger partial charge on any atom is 0.231 e. The first-order chi connectivity index (χ1) is 10.1. The summed E-state index contributed by atoms with van der Waals surface area (Å²) in [5.74, 6) is 1.98. The first-order valence-corrected chi connectivity index (χ1v) is 7.69. The second-order valence-electron chi connectivity index (χ2n) is 6.03. The molecule has 2 unspecified atom stereocenters. The summed E-state index contributed by atoms with van der Waals surface area (Å²) >= 11 is 0. The van der Waals surface area contributed by atoms with Crippen LogP contribution in [0.1, 0.15) is 33.1 Å². The summed E-state index contributed by atoms with van der Waals surface area (Å²) in [6.07, 6.45) is 3.49. The number of anilines is 3. The molecule has 0 radical (unpaired) electrons. The van der Waals surface area contributed by atoms with Gasteiger partial charge in [0.2, 0.25) is 17.8 Å². The highest BCUT2D eigenvalue weighted by molar-refractivity contribution is 5.45. The highest BCUT2D eigenvalue weighted by Gasteiger charge is 2.37.